The Morgan fingerprint density at radius 2 is 1.74 bits per heavy atom. The molecule has 7 nitrogen and oxygen atoms in total. The zero-order chi connectivity index (χ0) is 18.0. The number of hydrogen-bond acceptors (Lipinski definition) is 5. The quantitative estimate of drug-likeness (QED) is 0.334. The molecule has 0 aliphatic heterocycles. The van der Waals surface area contributed by atoms with Crippen molar-refractivity contribution in [2.24, 2.45) is 5.92 Å². The summed E-state index contributed by atoms with van der Waals surface area (Å²) < 4.78 is 37.8. The maximum absolute atomic E-state index is 11.8. The minimum absolute atomic E-state index is 0.0854. The Balaban J connectivity index is 5.42. The van der Waals surface area contributed by atoms with E-state index in [2.05, 4.69) is 0 Å². The van der Waals surface area contributed by atoms with Crippen molar-refractivity contribution in [3.05, 3.63) is 12.2 Å². The van der Waals surface area contributed by atoms with Crippen LogP contribution in [0, 0.1) is 5.92 Å². The molecule has 0 aromatic carbocycles. The molecule has 3 atom stereocenters. The molecule has 0 aliphatic carbocycles. The summed E-state index contributed by atoms with van der Waals surface area (Å²) in [5.74, 6) is -2.48. The standard InChI is InChI=1S/C15H26O7S/c1-4-7-8-11(5-2)15(12(6-3)23(19,20)21)22-14(18)10-9-13(16)17/h9-12,15H,4-8H2,1-3H3,(H,16,17)(H,19,20,21)/b10-9-. The van der Waals surface area contributed by atoms with Crippen molar-refractivity contribution in [1.82, 2.24) is 0 Å². The van der Waals surface area contributed by atoms with Crippen molar-refractivity contribution >= 4 is 22.1 Å². The van der Waals surface area contributed by atoms with Crippen molar-refractivity contribution in [2.75, 3.05) is 0 Å². The third kappa shape index (κ3) is 8.13. The summed E-state index contributed by atoms with van der Waals surface area (Å²) in [5, 5.41) is 7.29. The molecule has 0 heterocycles. The highest BCUT2D eigenvalue weighted by molar-refractivity contribution is 7.86. The predicted molar refractivity (Wildman–Crippen MR) is 85.6 cm³/mol. The molecular weight excluding hydrogens is 324 g/mol. The Morgan fingerprint density at radius 1 is 1.13 bits per heavy atom. The van der Waals surface area contributed by atoms with E-state index in [0.717, 1.165) is 18.9 Å². The summed E-state index contributed by atoms with van der Waals surface area (Å²) >= 11 is 0. The van der Waals surface area contributed by atoms with Gasteiger partial charge < -0.3 is 9.84 Å². The number of carbonyl (C=O) groups excluding carboxylic acids is 1. The highest BCUT2D eigenvalue weighted by Crippen LogP contribution is 2.27. The van der Waals surface area contributed by atoms with Crippen LogP contribution in [0.3, 0.4) is 0 Å². The van der Waals surface area contributed by atoms with Gasteiger partial charge >= 0.3 is 11.9 Å². The molecular formula is C15H26O7S. The monoisotopic (exact) mass is 350 g/mol. The third-order valence-corrected chi connectivity index (χ3v) is 5.05. The summed E-state index contributed by atoms with van der Waals surface area (Å²) in [4.78, 5) is 22.2. The SMILES string of the molecule is CCCCC(CC)C(OC(=O)/C=C\C(=O)O)C(CC)S(=O)(=O)O. The van der Waals surface area contributed by atoms with Crippen molar-refractivity contribution in [2.45, 2.75) is 64.2 Å². The van der Waals surface area contributed by atoms with Gasteiger partial charge in [0.15, 0.2) is 0 Å². The van der Waals surface area contributed by atoms with Gasteiger partial charge in [-0.1, -0.05) is 33.6 Å². The summed E-state index contributed by atoms with van der Waals surface area (Å²) in [6.45, 7) is 5.42. The summed E-state index contributed by atoms with van der Waals surface area (Å²) in [5.41, 5.74) is 0. The fourth-order valence-electron chi connectivity index (χ4n) is 2.47. The van der Waals surface area contributed by atoms with Crippen LogP contribution in [0.15, 0.2) is 12.2 Å². The number of carboxylic acid groups (broad SMARTS) is 1. The lowest BCUT2D eigenvalue weighted by molar-refractivity contribution is -0.146. The van der Waals surface area contributed by atoms with E-state index in [1.807, 2.05) is 13.8 Å². The second kappa shape index (κ2) is 10.4. The van der Waals surface area contributed by atoms with Gasteiger partial charge in [-0.2, -0.15) is 8.42 Å². The first-order valence-electron chi connectivity index (χ1n) is 7.75. The second-order valence-corrected chi connectivity index (χ2v) is 6.98. The molecule has 0 spiro atoms. The van der Waals surface area contributed by atoms with E-state index < -0.39 is 33.4 Å². The minimum atomic E-state index is -4.39. The first kappa shape index (κ1) is 21.6. The largest absolute Gasteiger partial charge is 0.478 e. The van der Waals surface area contributed by atoms with Crippen LogP contribution in [0.1, 0.15) is 52.9 Å². The number of esters is 1. The second-order valence-electron chi connectivity index (χ2n) is 5.35. The fourth-order valence-corrected chi connectivity index (χ4v) is 3.51. The van der Waals surface area contributed by atoms with Crippen molar-refractivity contribution in [3.63, 3.8) is 0 Å². The van der Waals surface area contributed by atoms with Crippen LogP contribution >= 0.6 is 0 Å². The van der Waals surface area contributed by atoms with E-state index in [-0.39, 0.29) is 12.3 Å². The van der Waals surface area contributed by atoms with Gasteiger partial charge in [0.05, 0.1) is 0 Å². The molecule has 3 unspecified atom stereocenters. The third-order valence-electron chi connectivity index (χ3n) is 3.68. The molecule has 2 N–H and O–H groups in total. The van der Waals surface area contributed by atoms with Crippen LogP contribution in [0.5, 0.6) is 0 Å². The number of rotatable bonds is 11. The summed E-state index contributed by atoms with van der Waals surface area (Å²) in [6, 6.07) is 0. The zero-order valence-electron chi connectivity index (χ0n) is 13.8. The number of hydrogen-bond donors (Lipinski definition) is 2. The van der Waals surface area contributed by atoms with Gasteiger partial charge in [-0.15, -0.1) is 0 Å². The summed E-state index contributed by atoms with van der Waals surface area (Å²) in [7, 11) is -4.39. The van der Waals surface area contributed by atoms with Gasteiger partial charge in [-0.25, -0.2) is 9.59 Å². The number of ether oxygens (including phenoxy) is 1. The van der Waals surface area contributed by atoms with Gasteiger partial charge in [0, 0.05) is 12.2 Å². The minimum Gasteiger partial charge on any atom is -0.478 e. The molecule has 0 amide bonds. The van der Waals surface area contributed by atoms with E-state index >= 15 is 0 Å². The normalized spacial score (nSPS) is 16.0. The average molecular weight is 350 g/mol. The number of carboxylic acids is 1. The van der Waals surface area contributed by atoms with Gasteiger partial charge in [0.2, 0.25) is 0 Å². The Kier molecular flexibility index (Phi) is 9.74. The highest BCUT2D eigenvalue weighted by Gasteiger charge is 2.37. The Labute approximate surface area is 137 Å². The van der Waals surface area contributed by atoms with Gasteiger partial charge in [0.1, 0.15) is 11.4 Å². The lowest BCUT2D eigenvalue weighted by Crippen LogP contribution is -2.42. The van der Waals surface area contributed by atoms with Crippen LogP contribution in [0.25, 0.3) is 0 Å². The predicted octanol–water partition coefficient (Wildman–Crippen LogP) is 2.42. The molecule has 0 aliphatic rings. The first-order chi connectivity index (χ1) is 10.7. The molecule has 0 radical (unpaired) electrons. The van der Waals surface area contributed by atoms with Crippen LogP contribution in [-0.2, 0) is 24.4 Å². The zero-order valence-corrected chi connectivity index (χ0v) is 14.6. The van der Waals surface area contributed by atoms with Gasteiger partial charge in [-0.3, -0.25) is 4.55 Å². The van der Waals surface area contributed by atoms with Gasteiger partial charge in [0.25, 0.3) is 10.1 Å². The van der Waals surface area contributed by atoms with E-state index in [1.165, 1.54) is 0 Å². The highest BCUT2D eigenvalue weighted by atomic mass is 32.2. The molecule has 0 bridgehead atoms. The van der Waals surface area contributed by atoms with Crippen molar-refractivity contribution in [3.8, 4) is 0 Å². The number of carbonyl (C=O) groups is 2. The van der Waals surface area contributed by atoms with E-state index in [4.69, 9.17) is 9.84 Å². The van der Waals surface area contributed by atoms with E-state index in [0.29, 0.717) is 18.9 Å². The molecule has 0 aromatic rings. The van der Waals surface area contributed by atoms with Crippen molar-refractivity contribution < 1.29 is 32.4 Å². The lowest BCUT2D eigenvalue weighted by Gasteiger charge is -2.30. The molecule has 0 saturated heterocycles. The maximum Gasteiger partial charge on any atom is 0.331 e. The Hall–Kier alpha value is -1.41. The Bertz CT molecular complexity index is 510. The van der Waals surface area contributed by atoms with E-state index in [9.17, 15) is 22.6 Å². The van der Waals surface area contributed by atoms with Crippen LogP contribution < -0.4 is 0 Å². The van der Waals surface area contributed by atoms with Crippen molar-refractivity contribution in [1.29, 1.82) is 0 Å². The first-order valence-corrected chi connectivity index (χ1v) is 9.25. The van der Waals surface area contributed by atoms with Crippen LogP contribution in [-0.4, -0.2) is 41.4 Å². The smallest absolute Gasteiger partial charge is 0.331 e. The molecule has 0 fully saturated rings. The average Bonchev–Trinajstić information content (AvgIpc) is 2.44. The molecule has 0 rings (SSSR count). The number of aliphatic carboxylic acids is 1. The fraction of sp³-hybridized carbons (Fsp3) is 0.733. The molecule has 134 valence electrons. The number of unbranched alkanes of at least 4 members (excludes halogenated alkanes) is 1. The Morgan fingerprint density at radius 3 is 2.13 bits per heavy atom. The van der Waals surface area contributed by atoms with E-state index in [1.54, 1.807) is 6.92 Å². The van der Waals surface area contributed by atoms with Crippen LogP contribution in [0.4, 0.5) is 0 Å². The lowest BCUT2D eigenvalue weighted by atomic mass is 9.90. The topological polar surface area (TPSA) is 118 Å². The van der Waals surface area contributed by atoms with Crippen LogP contribution in [0.2, 0.25) is 0 Å². The maximum atomic E-state index is 11.8. The molecule has 23 heavy (non-hydrogen) atoms. The summed E-state index contributed by atoms with van der Waals surface area (Å²) in [6.07, 6.45) is 3.39. The van der Waals surface area contributed by atoms with Gasteiger partial charge in [-0.05, 0) is 25.2 Å². The molecule has 0 saturated carbocycles. The molecule has 8 heteroatoms. The molecule has 0 aromatic heterocycles.